The van der Waals surface area contributed by atoms with Crippen molar-refractivity contribution in [3.63, 3.8) is 0 Å². The van der Waals surface area contributed by atoms with Crippen molar-refractivity contribution in [1.29, 1.82) is 0 Å². The summed E-state index contributed by atoms with van der Waals surface area (Å²) in [4.78, 5) is 4.33. The summed E-state index contributed by atoms with van der Waals surface area (Å²) in [5.41, 5.74) is 1.67. The van der Waals surface area contributed by atoms with Gasteiger partial charge in [-0.15, -0.1) is 0 Å². The second-order valence-corrected chi connectivity index (χ2v) is 5.83. The van der Waals surface area contributed by atoms with Crippen LogP contribution in [-0.2, 0) is 19.6 Å². The predicted octanol–water partition coefficient (Wildman–Crippen LogP) is 3.14. The summed E-state index contributed by atoms with van der Waals surface area (Å²) in [6.07, 6.45) is 0.808. The van der Waals surface area contributed by atoms with Crippen molar-refractivity contribution in [3.05, 3.63) is 40.0 Å². The predicted molar refractivity (Wildman–Crippen MR) is 80.2 cm³/mol. The summed E-state index contributed by atoms with van der Waals surface area (Å²) < 4.78 is 6.06. The molecule has 0 unspecified atom stereocenters. The number of aliphatic hydroxyl groups is 1. The summed E-state index contributed by atoms with van der Waals surface area (Å²) in [7, 11) is 0. The van der Waals surface area contributed by atoms with Gasteiger partial charge in [0.25, 0.3) is 0 Å². The van der Waals surface area contributed by atoms with Gasteiger partial charge in [-0.3, -0.25) is 0 Å². The Kier molecular flexibility index (Phi) is 5.14. The number of halogens is 1. The highest BCUT2D eigenvalue weighted by Gasteiger charge is 2.10. The molecule has 0 amide bonds. The number of benzene rings is 1. The zero-order chi connectivity index (χ0) is 14.5. The Morgan fingerprint density at radius 3 is 2.90 bits per heavy atom. The van der Waals surface area contributed by atoms with E-state index in [1.165, 1.54) is 0 Å². The molecular weight excluding hydrogens is 322 g/mol. The smallest absolute Gasteiger partial charge is 0.245 e. The Hall–Kier alpha value is -1.40. The molecule has 2 rings (SSSR count). The highest BCUT2D eigenvalue weighted by molar-refractivity contribution is 9.10. The molecule has 0 bridgehead atoms. The Morgan fingerprint density at radius 1 is 1.40 bits per heavy atom. The first-order chi connectivity index (χ1) is 9.60. The molecule has 0 aliphatic rings. The van der Waals surface area contributed by atoms with Crippen molar-refractivity contribution < 1.29 is 9.63 Å². The average molecular weight is 340 g/mol. The molecule has 0 saturated carbocycles. The third-order valence-corrected chi connectivity index (χ3v) is 3.55. The number of aliphatic hydroxyl groups excluding tert-OH is 1. The van der Waals surface area contributed by atoms with Crippen LogP contribution in [0, 0.1) is 5.92 Å². The molecule has 108 valence electrons. The van der Waals surface area contributed by atoms with E-state index in [2.05, 4.69) is 45.2 Å². The topological polar surface area (TPSA) is 71.2 Å². The van der Waals surface area contributed by atoms with Crippen molar-refractivity contribution in [2.75, 3.05) is 5.32 Å². The van der Waals surface area contributed by atoms with Crippen LogP contribution in [0.3, 0.4) is 0 Å². The van der Waals surface area contributed by atoms with Crippen LogP contribution >= 0.6 is 15.9 Å². The lowest BCUT2D eigenvalue weighted by molar-refractivity contribution is 0.281. The van der Waals surface area contributed by atoms with Gasteiger partial charge in [0, 0.05) is 22.1 Å². The van der Waals surface area contributed by atoms with Gasteiger partial charge in [0.1, 0.15) is 0 Å². The average Bonchev–Trinajstić information content (AvgIpc) is 2.83. The summed E-state index contributed by atoms with van der Waals surface area (Å²) in [5, 5.41) is 16.5. The summed E-state index contributed by atoms with van der Waals surface area (Å²) in [6, 6.07) is 5.70. The Balaban J connectivity index is 2.02. The fourth-order valence-corrected chi connectivity index (χ4v) is 2.36. The minimum atomic E-state index is -0.0355. The van der Waals surface area contributed by atoms with E-state index in [-0.39, 0.29) is 6.61 Å². The van der Waals surface area contributed by atoms with Gasteiger partial charge < -0.3 is 14.9 Å². The molecule has 1 aromatic carbocycles. The van der Waals surface area contributed by atoms with Crippen LogP contribution in [0.2, 0.25) is 0 Å². The molecule has 0 fully saturated rings. The first-order valence-electron chi connectivity index (χ1n) is 6.53. The van der Waals surface area contributed by atoms with E-state index >= 15 is 0 Å². The van der Waals surface area contributed by atoms with Gasteiger partial charge in [-0.05, 0) is 18.1 Å². The molecule has 2 N–H and O–H groups in total. The minimum absolute atomic E-state index is 0.0355. The quantitative estimate of drug-likeness (QED) is 0.845. The van der Waals surface area contributed by atoms with Crippen molar-refractivity contribution in [3.8, 4) is 0 Å². The molecule has 20 heavy (non-hydrogen) atoms. The number of hydrogen-bond donors (Lipinski definition) is 2. The highest BCUT2D eigenvalue weighted by Crippen LogP contribution is 2.25. The van der Waals surface area contributed by atoms with Crippen LogP contribution in [-0.4, -0.2) is 15.2 Å². The van der Waals surface area contributed by atoms with E-state index in [1.807, 2.05) is 18.2 Å². The maximum absolute atomic E-state index is 9.38. The van der Waals surface area contributed by atoms with Crippen LogP contribution in [0.5, 0.6) is 0 Å². The number of hydrogen-bond acceptors (Lipinski definition) is 5. The molecule has 0 saturated heterocycles. The summed E-state index contributed by atoms with van der Waals surface area (Å²) in [5.74, 6) is 1.78. The first-order valence-corrected chi connectivity index (χ1v) is 7.33. The maximum Gasteiger partial charge on any atom is 0.245 e. The van der Waals surface area contributed by atoms with Gasteiger partial charge in [-0.2, -0.15) is 4.98 Å². The van der Waals surface area contributed by atoms with Crippen LogP contribution in [0.1, 0.15) is 31.1 Å². The fraction of sp³-hybridized carbons (Fsp3) is 0.429. The van der Waals surface area contributed by atoms with Crippen LogP contribution in [0.4, 0.5) is 5.69 Å². The molecule has 1 heterocycles. The Bertz CT molecular complexity index is 569. The molecular formula is C14H18BrN3O2. The van der Waals surface area contributed by atoms with E-state index in [1.54, 1.807) is 0 Å². The van der Waals surface area contributed by atoms with Crippen LogP contribution < -0.4 is 5.32 Å². The van der Waals surface area contributed by atoms with Gasteiger partial charge in [0.05, 0.1) is 13.2 Å². The molecule has 0 aliphatic heterocycles. The van der Waals surface area contributed by atoms with Crippen molar-refractivity contribution in [2.45, 2.75) is 33.4 Å². The van der Waals surface area contributed by atoms with E-state index < -0.39 is 0 Å². The lowest BCUT2D eigenvalue weighted by Crippen LogP contribution is -2.04. The largest absolute Gasteiger partial charge is 0.392 e. The van der Waals surface area contributed by atoms with E-state index in [9.17, 15) is 5.11 Å². The van der Waals surface area contributed by atoms with Crippen molar-refractivity contribution in [1.82, 2.24) is 10.1 Å². The minimum Gasteiger partial charge on any atom is -0.392 e. The number of rotatable bonds is 6. The van der Waals surface area contributed by atoms with Gasteiger partial charge in [-0.1, -0.05) is 41.0 Å². The SMILES string of the molecule is CC(C)Cc1noc(CNc2cccc(Br)c2CO)n1. The first kappa shape index (κ1) is 15.0. The van der Waals surface area contributed by atoms with Gasteiger partial charge in [-0.25, -0.2) is 0 Å². The van der Waals surface area contributed by atoms with Crippen LogP contribution in [0.15, 0.2) is 27.2 Å². The third-order valence-electron chi connectivity index (χ3n) is 2.81. The number of nitrogens with zero attached hydrogens (tertiary/aromatic N) is 2. The molecule has 5 nitrogen and oxygen atoms in total. The Labute approximate surface area is 126 Å². The normalized spacial score (nSPS) is 11.1. The van der Waals surface area contributed by atoms with E-state index in [0.29, 0.717) is 18.4 Å². The monoisotopic (exact) mass is 339 g/mol. The summed E-state index contributed by atoms with van der Waals surface area (Å²) >= 11 is 3.41. The van der Waals surface area contributed by atoms with E-state index in [0.717, 1.165) is 28.0 Å². The summed E-state index contributed by atoms with van der Waals surface area (Å²) in [6.45, 7) is 4.63. The second kappa shape index (κ2) is 6.85. The number of aromatic nitrogens is 2. The molecule has 1 aromatic heterocycles. The fourth-order valence-electron chi connectivity index (χ4n) is 1.87. The standard InChI is InChI=1S/C14H18BrN3O2/c1-9(2)6-13-17-14(20-18-13)7-16-12-5-3-4-11(15)10(12)8-19/h3-5,9,16,19H,6-8H2,1-2H3. The van der Waals surface area contributed by atoms with Gasteiger partial charge in [0.15, 0.2) is 5.82 Å². The lowest BCUT2D eigenvalue weighted by Gasteiger charge is -2.10. The molecule has 0 radical (unpaired) electrons. The number of anilines is 1. The molecule has 0 spiro atoms. The van der Waals surface area contributed by atoms with E-state index in [4.69, 9.17) is 4.52 Å². The molecule has 0 aliphatic carbocycles. The number of nitrogens with one attached hydrogen (secondary N) is 1. The van der Waals surface area contributed by atoms with Crippen molar-refractivity contribution in [2.24, 2.45) is 5.92 Å². The molecule has 2 aromatic rings. The van der Waals surface area contributed by atoms with Gasteiger partial charge in [0.2, 0.25) is 5.89 Å². The van der Waals surface area contributed by atoms with Crippen molar-refractivity contribution >= 4 is 21.6 Å². The lowest BCUT2D eigenvalue weighted by atomic mass is 10.1. The van der Waals surface area contributed by atoms with Gasteiger partial charge >= 0.3 is 0 Å². The van der Waals surface area contributed by atoms with Crippen LogP contribution in [0.25, 0.3) is 0 Å². The zero-order valence-electron chi connectivity index (χ0n) is 11.6. The maximum atomic E-state index is 9.38. The second-order valence-electron chi connectivity index (χ2n) is 4.98. The third kappa shape index (κ3) is 3.80. The molecule has 0 atom stereocenters. The Morgan fingerprint density at radius 2 is 2.20 bits per heavy atom. The zero-order valence-corrected chi connectivity index (χ0v) is 13.1. The molecule has 6 heteroatoms. The highest BCUT2D eigenvalue weighted by atomic mass is 79.9.